The van der Waals surface area contributed by atoms with E-state index >= 15 is 0 Å². The number of nitrogens with zero attached hydrogens (tertiary/aromatic N) is 1. The van der Waals surface area contributed by atoms with E-state index in [1.165, 1.54) is 11.6 Å². The molecular formula is C16H25FN2. The molecule has 0 spiro atoms. The van der Waals surface area contributed by atoms with Crippen molar-refractivity contribution in [2.75, 3.05) is 13.1 Å². The molecule has 0 aliphatic carbocycles. The summed E-state index contributed by atoms with van der Waals surface area (Å²) in [6, 6.07) is 5.61. The van der Waals surface area contributed by atoms with Gasteiger partial charge in [-0.15, -0.1) is 0 Å². The number of nitrogens with one attached hydrogen (secondary N) is 1. The van der Waals surface area contributed by atoms with Gasteiger partial charge in [-0.05, 0) is 63.9 Å². The first-order chi connectivity index (χ1) is 8.87. The summed E-state index contributed by atoms with van der Waals surface area (Å²) in [5, 5.41) is 3.58. The topological polar surface area (TPSA) is 15.3 Å². The lowest BCUT2D eigenvalue weighted by atomic mass is 10.0. The normalized spacial score (nSPS) is 24.2. The minimum absolute atomic E-state index is 0.117. The number of aryl methyl sites for hydroxylation is 1. The third-order valence-corrected chi connectivity index (χ3v) is 4.07. The van der Waals surface area contributed by atoms with Crippen molar-refractivity contribution in [3.8, 4) is 0 Å². The van der Waals surface area contributed by atoms with Gasteiger partial charge in [-0.3, -0.25) is 4.90 Å². The van der Waals surface area contributed by atoms with Crippen LogP contribution in [0.1, 0.15) is 38.3 Å². The van der Waals surface area contributed by atoms with Crippen LogP contribution in [0.25, 0.3) is 0 Å². The maximum absolute atomic E-state index is 13.4. The van der Waals surface area contributed by atoms with E-state index in [1.807, 2.05) is 6.07 Å². The summed E-state index contributed by atoms with van der Waals surface area (Å²) in [5.74, 6) is -0.138. The largest absolute Gasteiger partial charge is 0.310 e. The van der Waals surface area contributed by atoms with Crippen molar-refractivity contribution in [3.63, 3.8) is 0 Å². The van der Waals surface area contributed by atoms with Crippen molar-refractivity contribution in [1.82, 2.24) is 10.2 Å². The number of benzene rings is 1. The van der Waals surface area contributed by atoms with E-state index in [-0.39, 0.29) is 11.4 Å². The third-order valence-electron chi connectivity index (χ3n) is 4.07. The lowest BCUT2D eigenvalue weighted by Crippen LogP contribution is -2.47. The van der Waals surface area contributed by atoms with Gasteiger partial charge in [0.1, 0.15) is 5.82 Å². The Kier molecular flexibility index (Phi) is 4.26. The van der Waals surface area contributed by atoms with Crippen molar-refractivity contribution in [2.45, 2.75) is 52.2 Å². The van der Waals surface area contributed by atoms with Gasteiger partial charge in [0.05, 0.1) is 0 Å². The van der Waals surface area contributed by atoms with E-state index < -0.39 is 0 Å². The van der Waals surface area contributed by atoms with Crippen LogP contribution in [-0.4, -0.2) is 29.6 Å². The fraction of sp³-hybridized carbons (Fsp3) is 0.625. The predicted octanol–water partition coefficient (Wildman–Crippen LogP) is 3.10. The summed E-state index contributed by atoms with van der Waals surface area (Å²) >= 11 is 0. The second-order valence-corrected chi connectivity index (χ2v) is 6.42. The molecule has 0 amide bonds. The van der Waals surface area contributed by atoms with Crippen LogP contribution in [0, 0.1) is 12.7 Å². The molecule has 1 saturated heterocycles. The molecule has 1 aromatic rings. The summed E-state index contributed by atoms with van der Waals surface area (Å²) in [4.78, 5) is 2.46. The van der Waals surface area contributed by atoms with Gasteiger partial charge in [0, 0.05) is 24.7 Å². The standard InChI is InChI=1S/C16H25FN2/c1-12-5-6-15(17)9-14(12)10-19-11-16(3,4)18-8-7-13(19)2/h5-6,9,13,18H,7-8,10-11H2,1-4H3. The van der Waals surface area contributed by atoms with Crippen molar-refractivity contribution < 1.29 is 4.39 Å². The SMILES string of the molecule is Cc1ccc(F)cc1CN1CC(C)(C)NCCC1C. The average molecular weight is 264 g/mol. The highest BCUT2D eigenvalue weighted by Gasteiger charge is 2.28. The molecule has 3 heteroatoms. The molecule has 1 heterocycles. The Morgan fingerprint density at radius 1 is 1.42 bits per heavy atom. The smallest absolute Gasteiger partial charge is 0.123 e. The fourth-order valence-corrected chi connectivity index (χ4v) is 2.76. The molecule has 1 aromatic carbocycles. The van der Waals surface area contributed by atoms with Gasteiger partial charge in [0.15, 0.2) is 0 Å². The van der Waals surface area contributed by atoms with Gasteiger partial charge < -0.3 is 5.32 Å². The molecule has 19 heavy (non-hydrogen) atoms. The molecule has 106 valence electrons. The van der Waals surface area contributed by atoms with Crippen molar-refractivity contribution in [1.29, 1.82) is 0 Å². The van der Waals surface area contributed by atoms with Crippen LogP contribution in [0.2, 0.25) is 0 Å². The van der Waals surface area contributed by atoms with Crippen LogP contribution in [-0.2, 0) is 6.54 Å². The van der Waals surface area contributed by atoms with Crippen molar-refractivity contribution in [2.24, 2.45) is 0 Å². The number of hydrogen-bond acceptors (Lipinski definition) is 2. The lowest BCUT2D eigenvalue weighted by molar-refractivity contribution is 0.172. The van der Waals surface area contributed by atoms with E-state index in [0.29, 0.717) is 6.04 Å². The minimum atomic E-state index is -0.138. The first-order valence-electron chi connectivity index (χ1n) is 7.11. The van der Waals surface area contributed by atoms with Crippen LogP contribution < -0.4 is 5.32 Å². The highest BCUT2D eigenvalue weighted by Crippen LogP contribution is 2.20. The summed E-state index contributed by atoms with van der Waals surface area (Å²) < 4.78 is 13.4. The van der Waals surface area contributed by atoms with E-state index in [1.54, 1.807) is 6.07 Å². The Morgan fingerprint density at radius 3 is 2.89 bits per heavy atom. The molecular weight excluding hydrogens is 239 g/mol. The lowest BCUT2D eigenvalue weighted by Gasteiger charge is -2.33. The molecule has 0 aromatic heterocycles. The van der Waals surface area contributed by atoms with Crippen LogP contribution in [0.15, 0.2) is 18.2 Å². The average Bonchev–Trinajstić information content (AvgIpc) is 2.43. The van der Waals surface area contributed by atoms with Gasteiger partial charge >= 0.3 is 0 Å². The highest BCUT2D eigenvalue weighted by atomic mass is 19.1. The Morgan fingerprint density at radius 2 is 2.16 bits per heavy atom. The summed E-state index contributed by atoms with van der Waals surface area (Å²) in [6.45, 7) is 11.7. The highest BCUT2D eigenvalue weighted by molar-refractivity contribution is 5.26. The molecule has 1 aliphatic rings. The zero-order valence-electron chi connectivity index (χ0n) is 12.5. The van der Waals surface area contributed by atoms with Crippen LogP contribution in [0.4, 0.5) is 4.39 Å². The maximum atomic E-state index is 13.4. The van der Waals surface area contributed by atoms with Crippen LogP contribution in [0.3, 0.4) is 0 Å². The van der Waals surface area contributed by atoms with Gasteiger partial charge in [-0.1, -0.05) is 6.07 Å². The molecule has 1 fully saturated rings. The van der Waals surface area contributed by atoms with Crippen molar-refractivity contribution in [3.05, 3.63) is 35.1 Å². The van der Waals surface area contributed by atoms with E-state index in [0.717, 1.165) is 31.6 Å². The summed E-state index contributed by atoms with van der Waals surface area (Å²) in [6.07, 6.45) is 1.14. The Labute approximate surface area is 116 Å². The molecule has 0 radical (unpaired) electrons. The molecule has 0 bridgehead atoms. The monoisotopic (exact) mass is 264 g/mol. The van der Waals surface area contributed by atoms with E-state index in [4.69, 9.17) is 0 Å². The second-order valence-electron chi connectivity index (χ2n) is 6.42. The second kappa shape index (κ2) is 5.59. The molecule has 1 atom stereocenters. The first-order valence-corrected chi connectivity index (χ1v) is 7.11. The maximum Gasteiger partial charge on any atom is 0.123 e. The summed E-state index contributed by atoms with van der Waals surface area (Å²) in [7, 11) is 0. The predicted molar refractivity (Wildman–Crippen MR) is 77.7 cm³/mol. The number of hydrogen-bond donors (Lipinski definition) is 1. The van der Waals surface area contributed by atoms with Crippen LogP contribution in [0.5, 0.6) is 0 Å². The molecule has 2 rings (SSSR count). The minimum Gasteiger partial charge on any atom is -0.310 e. The molecule has 1 aliphatic heterocycles. The third kappa shape index (κ3) is 3.77. The molecule has 1 N–H and O–H groups in total. The fourth-order valence-electron chi connectivity index (χ4n) is 2.76. The van der Waals surface area contributed by atoms with Crippen LogP contribution >= 0.6 is 0 Å². The van der Waals surface area contributed by atoms with E-state index in [2.05, 4.69) is 37.9 Å². The number of halogens is 1. The zero-order valence-corrected chi connectivity index (χ0v) is 12.5. The molecule has 0 saturated carbocycles. The quantitative estimate of drug-likeness (QED) is 0.883. The Hall–Kier alpha value is -0.930. The molecule has 2 nitrogen and oxygen atoms in total. The van der Waals surface area contributed by atoms with Gasteiger partial charge in [0.2, 0.25) is 0 Å². The van der Waals surface area contributed by atoms with Crippen molar-refractivity contribution >= 4 is 0 Å². The zero-order chi connectivity index (χ0) is 14.0. The van der Waals surface area contributed by atoms with Gasteiger partial charge in [-0.2, -0.15) is 0 Å². The van der Waals surface area contributed by atoms with Gasteiger partial charge in [0.25, 0.3) is 0 Å². The van der Waals surface area contributed by atoms with E-state index in [9.17, 15) is 4.39 Å². The Balaban J connectivity index is 2.17. The van der Waals surface area contributed by atoms with Gasteiger partial charge in [-0.25, -0.2) is 4.39 Å². The number of rotatable bonds is 2. The Bertz CT molecular complexity index is 442. The summed E-state index contributed by atoms with van der Waals surface area (Å²) in [5.41, 5.74) is 2.39. The molecule has 1 unspecified atom stereocenters. The first kappa shape index (κ1) is 14.5.